The second-order valence-electron chi connectivity index (χ2n) is 7.16. The summed E-state index contributed by atoms with van der Waals surface area (Å²) in [5.41, 5.74) is 3.40. The highest BCUT2D eigenvalue weighted by Gasteiger charge is 2.19. The molecule has 2 aromatic rings. The number of β-amino-alcohol motifs (C(OH)–C–C–N with tert-alkyl or cyclic N) is 1. The van der Waals surface area contributed by atoms with Crippen LogP contribution in [0.5, 0.6) is 0 Å². The van der Waals surface area contributed by atoms with Crippen LogP contribution in [0.4, 0.5) is 0 Å². The van der Waals surface area contributed by atoms with Gasteiger partial charge in [0.2, 0.25) is 0 Å². The largest absolute Gasteiger partial charge is 0.392 e. The molecule has 1 aromatic carbocycles. The van der Waals surface area contributed by atoms with Gasteiger partial charge in [0.1, 0.15) is 0 Å². The lowest BCUT2D eigenvalue weighted by molar-refractivity contribution is 0.175. The van der Waals surface area contributed by atoms with E-state index in [1.54, 1.807) is 0 Å². The molecule has 5 heteroatoms. The van der Waals surface area contributed by atoms with E-state index in [1.807, 2.05) is 10.9 Å². The first-order valence-corrected chi connectivity index (χ1v) is 9.65. The molecule has 25 heavy (non-hydrogen) atoms. The molecule has 3 rings (SSSR count). The first-order valence-electron chi connectivity index (χ1n) is 9.65. The number of hydrogen-bond donors (Lipinski definition) is 1. The van der Waals surface area contributed by atoms with Gasteiger partial charge in [0.15, 0.2) is 0 Å². The highest BCUT2D eigenvalue weighted by molar-refractivity contribution is 5.33. The predicted molar refractivity (Wildman–Crippen MR) is 99.7 cm³/mol. The van der Waals surface area contributed by atoms with Crippen molar-refractivity contribution in [3.8, 4) is 5.69 Å². The van der Waals surface area contributed by atoms with Crippen molar-refractivity contribution in [2.24, 2.45) is 0 Å². The monoisotopic (exact) mass is 342 g/mol. The van der Waals surface area contributed by atoms with Crippen LogP contribution in [0, 0.1) is 0 Å². The molecule has 0 radical (unpaired) electrons. The van der Waals surface area contributed by atoms with Crippen LogP contribution in [-0.2, 0) is 13.0 Å². The van der Waals surface area contributed by atoms with Crippen molar-refractivity contribution in [1.82, 2.24) is 19.9 Å². The molecule has 136 valence electrons. The van der Waals surface area contributed by atoms with Crippen LogP contribution in [0.15, 0.2) is 30.5 Å². The van der Waals surface area contributed by atoms with E-state index in [-0.39, 0.29) is 6.10 Å². The minimum absolute atomic E-state index is 0.158. The minimum Gasteiger partial charge on any atom is -0.392 e. The number of aryl methyl sites for hydroxylation is 1. The summed E-state index contributed by atoms with van der Waals surface area (Å²) in [5.74, 6) is 0. The van der Waals surface area contributed by atoms with Crippen molar-refractivity contribution >= 4 is 0 Å². The molecule has 0 bridgehead atoms. The van der Waals surface area contributed by atoms with E-state index in [9.17, 15) is 5.11 Å². The fourth-order valence-electron chi connectivity index (χ4n) is 3.42. The lowest BCUT2D eigenvalue weighted by Crippen LogP contribution is -2.21. The van der Waals surface area contributed by atoms with Gasteiger partial charge in [0.05, 0.1) is 23.7 Å². The van der Waals surface area contributed by atoms with Crippen molar-refractivity contribution in [1.29, 1.82) is 0 Å². The van der Waals surface area contributed by atoms with Gasteiger partial charge in [-0.05, 0) is 37.0 Å². The van der Waals surface area contributed by atoms with E-state index < -0.39 is 0 Å². The van der Waals surface area contributed by atoms with Crippen LogP contribution in [0.1, 0.15) is 56.7 Å². The number of aromatic nitrogens is 3. The molecule has 1 aliphatic heterocycles. The SMILES string of the molecule is CCCCCCCc1cn(-c2ccc(CN3CC[C@H](O)C3)cc2)nn1. The van der Waals surface area contributed by atoms with Crippen LogP contribution in [0.2, 0.25) is 0 Å². The van der Waals surface area contributed by atoms with Crippen molar-refractivity contribution in [3.63, 3.8) is 0 Å². The maximum absolute atomic E-state index is 9.62. The summed E-state index contributed by atoms with van der Waals surface area (Å²) in [4.78, 5) is 2.30. The van der Waals surface area contributed by atoms with Gasteiger partial charge in [-0.1, -0.05) is 50.0 Å². The molecule has 1 saturated heterocycles. The third-order valence-electron chi connectivity index (χ3n) is 4.93. The van der Waals surface area contributed by atoms with E-state index in [4.69, 9.17) is 0 Å². The van der Waals surface area contributed by atoms with Crippen LogP contribution in [-0.4, -0.2) is 44.2 Å². The molecule has 2 heterocycles. The lowest BCUT2D eigenvalue weighted by Gasteiger charge is -2.15. The van der Waals surface area contributed by atoms with E-state index in [2.05, 4.69) is 46.4 Å². The summed E-state index contributed by atoms with van der Waals surface area (Å²) in [6.45, 7) is 4.91. The Balaban J connectivity index is 1.50. The molecule has 1 atom stereocenters. The molecule has 5 nitrogen and oxygen atoms in total. The molecule has 0 unspecified atom stereocenters. The fraction of sp³-hybridized carbons (Fsp3) is 0.600. The fourth-order valence-corrected chi connectivity index (χ4v) is 3.42. The zero-order chi connectivity index (χ0) is 17.5. The average Bonchev–Trinajstić information content (AvgIpc) is 3.25. The van der Waals surface area contributed by atoms with Gasteiger partial charge < -0.3 is 5.11 Å². The van der Waals surface area contributed by atoms with E-state index in [1.165, 1.54) is 37.7 Å². The Bertz CT molecular complexity index is 637. The first kappa shape index (κ1) is 18.1. The number of likely N-dealkylation sites (tertiary alicyclic amines) is 1. The molecule has 0 amide bonds. The summed E-state index contributed by atoms with van der Waals surface area (Å²) in [6, 6.07) is 8.49. The maximum atomic E-state index is 9.62. The molecule has 0 spiro atoms. The standard InChI is InChI=1S/C20H30N4O/c1-2-3-4-5-6-7-18-15-24(22-21-18)19-10-8-17(9-11-19)14-23-13-12-20(25)16-23/h8-11,15,20,25H,2-7,12-14,16H2,1H3/t20-/m0/s1. The third kappa shape index (κ3) is 5.38. The Hall–Kier alpha value is -1.72. The maximum Gasteiger partial charge on any atom is 0.0831 e. The highest BCUT2D eigenvalue weighted by atomic mass is 16.3. The number of rotatable bonds is 9. The van der Waals surface area contributed by atoms with Crippen molar-refractivity contribution in [2.75, 3.05) is 13.1 Å². The second kappa shape index (κ2) is 9.11. The predicted octanol–water partition coefficient (Wildman–Crippen LogP) is 3.35. The number of aliphatic hydroxyl groups is 1. The van der Waals surface area contributed by atoms with Crippen LogP contribution in [0.3, 0.4) is 0 Å². The number of nitrogens with zero attached hydrogens (tertiary/aromatic N) is 4. The number of benzene rings is 1. The van der Waals surface area contributed by atoms with E-state index in [0.29, 0.717) is 0 Å². The smallest absolute Gasteiger partial charge is 0.0831 e. The Morgan fingerprint density at radius 2 is 1.92 bits per heavy atom. The van der Waals surface area contributed by atoms with E-state index in [0.717, 1.165) is 43.9 Å². The number of hydrogen-bond acceptors (Lipinski definition) is 4. The van der Waals surface area contributed by atoms with Gasteiger partial charge in [-0.2, -0.15) is 0 Å². The lowest BCUT2D eigenvalue weighted by atomic mass is 10.1. The summed E-state index contributed by atoms with van der Waals surface area (Å²) in [5, 5.41) is 18.2. The van der Waals surface area contributed by atoms with Crippen molar-refractivity contribution < 1.29 is 5.11 Å². The van der Waals surface area contributed by atoms with Gasteiger partial charge >= 0.3 is 0 Å². The molecule has 1 fully saturated rings. The highest BCUT2D eigenvalue weighted by Crippen LogP contribution is 2.15. The molecule has 1 N–H and O–H groups in total. The number of unbranched alkanes of at least 4 members (excludes halogenated alkanes) is 4. The summed E-state index contributed by atoms with van der Waals surface area (Å²) in [7, 11) is 0. The molecular weight excluding hydrogens is 312 g/mol. The molecule has 1 aliphatic rings. The van der Waals surface area contributed by atoms with Crippen LogP contribution >= 0.6 is 0 Å². The van der Waals surface area contributed by atoms with Crippen LogP contribution in [0.25, 0.3) is 5.69 Å². The average molecular weight is 342 g/mol. The zero-order valence-electron chi connectivity index (χ0n) is 15.3. The van der Waals surface area contributed by atoms with Gasteiger partial charge in [-0.3, -0.25) is 4.90 Å². The van der Waals surface area contributed by atoms with E-state index >= 15 is 0 Å². The Labute approximate surface area is 150 Å². The van der Waals surface area contributed by atoms with Gasteiger partial charge in [-0.15, -0.1) is 5.10 Å². The molecule has 0 aliphatic carbocycles. The third-order valence-corrected chi connectivity index (χ3v) is 4.93. The quantitative estimate of drug-likeness (QED) is 0.710. The Morgan fingerprint density at radius 1 is 1.12 bits per heavy atom. The Morgan fingerprint density at radius 3 is 2.64 bits per heavy atom. The summed E-state index contributed by atoms with van der Waals surface area (Å²) in [6.07, 6.45) is 10.2. The van der Waals surface area contributed by atoms with Gasteiger partial charge in [0, 0.05) is 19.6 Å². The zero-order valence-corrected chi connectivity index (χ0v) is 15.3. The molecule has 0 saturated carbocycles. The molecular formula is C20H30N4O. The number of aliphatic hydroxyl groups excluding tert-OH is 1. The second-order valence-corrected chi connectivity index (χ2v) is 7.16. The topological polar surface area (TPSA) is 54.2 Å². The summed E-state index contributed by atoms with van der Waals surface area (Å²) >= 11 is 0. The van der Waals surface area contributed by atoms with Gasteiger partial charge in [0.25, 0.3) is 0 Å². The van der Waals surface area contributed by atoms with Crippen molar-refractivity contribution in [2.45, 2.75) is 64.5 Å². The Kier molecular flexibility index (Phi) is 6.59. The first-order chi connectivity index (χ1) is 12.2. The van der Waals surface area contributed by atoms with Gasteiger partial charge in [-0.25, -0.2) is 4.68 Å². The van der Waals surface area contributed by atoms with Crippen molar-refractivity contribution in [3.05, 3.63) is 41.7 Å². The summed E-state index contributed by atoms with van der Waals surface area (Å²) < 4.78 is 1.87. The van der Waals surface area contributed by atoms with Crippen LogP contribution < -0.4 is 0 Å². The minimum atomic E-state index is -0.158. The molecule has 1 aromatic heterocycles. The normalized spacial score (nSPS) is 18.1.